The van der Waals surface area contributed by atoms with Gasteiger partial charge in [0.2, 0.25) is 5.43 Å². The SMILES string of the molecule is CC[C@@H](C)NC(=O)c1cn(C2CCCC2)cc(C(=O)N2CCCCC2)c1=O. The van der Waals surface area contributed by atoms with Gasteiger partial charge in [-0.05, 0) is 45.4 Å². The lowest BCUT2D eigenvalue weighted by atomic mass is 10.1. The number of likely N-dealkylation sites (tertiary alicyclic amines) is 1. The van der Waals surface area contributed by atoms with E-state index in [1.54, 1.807) is 17.3 Å². The minimum absolute atomic E-state index is 0.0155. The average Bonchev–Trinajstić information content (AvgIpc) is 3.23. The summed E-state index contributed by atoms with van der Waals surface area (Å²) in [5.41, 5.74) is -0.216. The summed E-state index contributed by atoms with van der Waals surface area (Å²) in [5.74, 6) is -0.612. The van der Waals surface area contributed by atoms with Gasteiger partial charge in [0.05, 0.1) is 0 Å². The summed E-state index contributed by atoms with van der Waals surface area (Å²) in [6.45, 7) is 5.27. The first-order chi connectivity index (χ1) is 13.0. The van der Waals surface area contributed by atoms with Crippen LogP contribution in [0.1, 0.15) is 92.0 Å². The summed E-state index contributed by atoms with van der Waals surface area (Å²) in [6.07, 6.45) is 11.5. The molecular weight excluding hydrogens is 342 g/mol. The molecule has 2 fully saturated rings. The maximum Gasteiger partial charge on any atom is 0.259 e. The summed E-state index contributed by atoms with van der Waals surface area (Å²) < 4.78 is 1.94. The van der Waals surface area contributed by atoms with E-state index in [9.17, 15) is 14.4 Å². The number of hydrogen-bond acceptors (Lipinski definition) is 3. The lowest BCUT2D eigenvalue weighted by Crippen LogP contribution is -2.41. The Bertz CT molecular complexity index is 744. The Balaban J connectivity index is 1.98. The zero-order valence-corrected chi connectivity index (χ0v) is 16.5. The predicted molar refractivity (Wildman–Crippen MR) is 105 cm³/mol. The maximum absolute atomic E-state index is 13.0. The molecule has 0 unspecified atom stereocenters. The molecule has 1 aromatic rings. The number of piperidine rings is 1. The number of carbonyl (C=O) groups is 2. The van der Waals surface area contributed by atoms with E-state index in [0.29, 0.717) is 13.1 Å². The molecule has 6 heteroatoms. The molecule has 27 heavy (non-hydrogen) atoms. The first kappa shape index (κ1) is 19.6. The number of amides is 2. The zero-order valence-electron chi connectivity index (χ0n) is 16.5. The monoisotopic (exact) mass is 373 g/mol. The highest BCUT2D eigenvalue weighted by Gasteiger charge is 2.26. The fraction of sp³-hybridized carbons (Fsp3) is 0.667. The Morgan fingerprint density at radius 3 is 2.33 bits per heavy atom. The summed E-state index contributed by atoms with van der Waals surface area (Å²) in [5, 5.41) is 2.87. The van der Waals surface area contributed by atoms with Gasteiger partial charge in [-0.3, -0.25) is 14.4 Å². The van der Waals surface area contributed by atoms with Gasteiger partial charge in [-0.15, -0.1) is 0 Å². The molecule has 0 aromatic carbocycles. The number of rotatable bonds is 5. The van der Waals surface area contributed by atoms with Gasteiger partial charge in [-0.25, -0.2) is 0 Å². The molecule has 1 aliphatic heterocycles. The Morgan fingerprint density at radius 1 is 1.07 bits per heavy atom. The van der Waals surface area contributed by atoms with E-state index < -0.39 is 5.43 Å². The fourth-order valence-electron chi connectivity index (χ4n) is 4.00. The normalized spacial score (nSPS) is 19.1. The van der Waals surface area contributed by atoms with Crippen LogP contribution in [0.4, 0.5) is 0 Å². The molecular formula is C21H31N3O3. The van der Waals surface area contributed by atoms with Crippen LogP contribution in [0, 0.1) is 0 Å². The van der Waals surface area contributed by atoms with Gasteiger partial charge >= 0.3 is 0 Å². The topological polar surface area (TPSA) is 71.4 Å². The Morgan fingerprint density at radius 2 is 1.70 bits per heavy atom. The van der Waals surface area contributed by atoms with Crippen molar-refractivity contribution in [1.82, 2.24) is 14.8 Å². The molecule has 1 saturated heterocycles. The van der Waals surface area contributed by atoms with Crippen molar-refractivity contribution in [2.24, 2.45) is 0 Å². The van der Waals surface area contributed by atoms with Crippen molar-refractivity contribution < 1.29 is 9.59 Å². The van der Waals surface area contributed by atoms with Gasteiger partial charge in [0.25, 0.3) is 11.8 Å². The quantitative estimate of drug-likeness (QED) is 0.862. The molecule has 1 aliphatic carbocycles. The van der Waals surface area contributed by atoms with Gasteiger partial charge in [0.1, 0.15) is 11.1 Å². The number of aromatic nitrogens is 1. The molecule has 0 bridgehead atoms. The highest BCUT2D eigenvalue weighted by molar-refractivity contribution is 5.99. The van der Waals surface area contributed by atoms with Gasteiger partial charge in [-0.2, -0.15) is 0 Å². The predicted octanol–water partition coefficient (Wildman–Crippen LogP) is 3.12. The van der Waals surface area contributed by atoms with E-state index in [1.807, 2.05) is 18.4 Å². The highest BCUT2D eigenvalue weighted by atomic mass is 16.2. The summed E-state index contributed by atoms with van der Waals surface area (Å²) in [4.78, 5) is 40.5. The van der Waals surface area contributed by atoms with Crippen LogP contribution in [0.5, 0.6) is 0 Å². The molecule has 2 amide bonds. The van der Waals surface area contributed by atoms with Gasteiger partial charge in [0.15, 0.2) is 0 Å². The molecule has 2 aliphatic rings. The van der Waals surface area contributed by atoms with Crippen molar-refractivity contribution in [1.29, 1.82) is 0 Å². The van der Waals surface area contributed by atoms with Crippen LogP contribution in [-0.4, -0.2) is 40.4 Å². The van der Waals surface area contributed by atoms with Crippen LogP contribution in [0.3, 0.4) is 0 Å². The van der Waals surface area contributed by atoms with E-state index in [2.05, 4.69) is 5.32 Å². The molecule has 1 atom stereocenters. The van der Waals surface area contributed by atoms with E-state index >= 15 is 0 Å². The molecule has 1 aromatic heterocycles. The largest absolute Gasteiger partial charge is 0.349 e. The van der Waals surface area contributed by atoms with Crippen molar-refractivity contribution in [2.75, 3.05) is 13.1 Å². The van der Waals surface area contributed by atoms with Gasteiger partial charge < -0.3 is 14.8 Å². The second kappa shape index (κ2) is 8.72. The number of carbonyl (C=O) groups excluding carboxylic acids is 2. The number of nitrogens with one attached hydrogen (secondary N) is 1. The molecule has 6 nitrogen and oxygen atoms in total. The van der Waals surface area contributed by atoms with Crippen molar-refractivity contribution in [2.45, 2.75) is 77.3 Å². The number of pyridine rings is 1. The summed E-state index contributed by atoms with van der Waals surface area (Å²) in [6, 6.07) is 0.243. The van der Waals surface area contributed by atoms with Gasteiger partial charge in [0, 0.05) is 37.6 Å². The smallest absolute Gasteiger partial charge is 0.259 e. The number of nitrogens with zero attached hydrogens (tertiary/aromatic N) is 2. The van der Waals surface area contributed by atoms with Crippen LogP contribution in [0.2, 0.25) is 0 Å². The Kier molecular flexibility index (Phi) is 6.34. The van der Waals surface area contributed by atoms with Crippen molar-refractivity contribution in [3.8, 4) is 0 Å². The molecule has 0 spiro atoms. The highest BCUT2D eigenvalue weighted by Crippen LogP contribution is 2.29. The second-order valence-electron chi connectivity index (χ2n) is 7.94. The van der Waals surface area contributed by atoms with E-state index in [4.69, 9.17) is 0 Å². The molecule has 1 saturated carbocycles. The van der Waals surface area contributed by atoms with Crippen LogP contribution < -0.4 is 10.7 Å². The molecule has 1 N–H and O–H groups in total. The standard InChI is InChI=1S/C21H31N3O3/c1-3-15(2)22-20(26)17-13-24(16-9-5-6-10-16)14-18(19(17)25)21(27)23-11-7-4-8-12-23/h13-16H,3-12H2,1-2H3,(H,22,26)/t15-/m1/s1. The third-order valence-corrected chi connectivity index (χ3v) is 5.90. The molecule has 2 heterocycles. The lowest BCUT2D eigenvalue weighted by molar-refractivity contribution is 0.0722. The lowest BCUT2D eigenvalue weighted by Gasteiger charge is -2.27. The maximum atomic E-state index is 13.0. The van der Waals surface area contributed by atoms with Crippen molar-refractivity contribution in [3.63, 3.8) is 0 Å². The summed E-state index contributed by atoms with van der Waals surface area (Å²) in [7, 11) is 0. The second-order valence-corrected chi connectivity index (χ2v) is 7.94. The molecule has 0 radical (unpaired) electrons. The first-order valence-corrected chi connectivity index (χ1v) is 10.4. The van der Waals surface area contributed by atoms with E-state index in [0.717, 1.165) is 51.4 Å². The van der Waals surface area contributed by atoms with Crippen molar-refractivity contribution in [3.05, 3.63) is 33.7 Å². The fourth-order valence-corrected chi connectivity index (χ4v) is 4.00. The zero-order chi connectivity index (χ0) is 19.4. The Hall–Kier alpha value is -2.11. The minimum Gasteiger partial charge on any atom is -0.349 e. The van der Waals surface area contributed by atoms with Crippen molar-refractivity contribution >= 4 is 11.8 Å². The molecule has 148 valence electrons. The third-order valence-electron chi connectivity index (χ3n) is 5.90. The minimum atomic E-state index is -0.444. The van der Waals surface area contributed by atoms with Crippen LogP contribution in [-0.2, 0) is 0 Å². The first-order valence-electron chi connectivity index (χ1n) is 10.4. The third kappa shape index (κ3) is 4.42. The average molecular weight is 373 g/mol. The summed E-state index contributed by atoms with van der Waals surface area (Å²) >= 11 is 0. The number of hydrogen-bond donors (Lipinski definition) is 1. The van der Waals surface area contributed by atoms with Gasteiger partial charge in [-0.1, -0.05) is 19.8 Å². The molecule has 3 rings (SSSR count). The van der Waals surface area contributed by atoms with Crippen LogP contribution in [0.25, 0.3) is 0 Å². The Labute approximate surface area is 160 Å². The van der Waals surface area contributed by atoms with Crippen LogP contribution in [0.15, 0.2) is 17.2 Å². The van der Waals surface area contributed by atoms with E-state index in [-0.39, 0.29) is 35.0 Å². The van der Waals surface area contributed by atoms with Crippen LogP contribution >= 0.6 is 0 Å². The van der Waals surface area contributed by atoms with E-state index in [1.165, 1.54) is 0 Å².